The van der Waals surface area contributed by atoms with Gasteiger partial charge in [0.05, 0.1) is 11.9 Å². The van der Waals surface area contributed by atoms with Gasteiger partial charge in [0, 0.05) is 24.7 Å². The molecule has 1 aliphatic heterocycles. The van der Waals surface area contributed by atoms with Crippen molar-refractivity contribution in [2.75, 3.05) is 6.61 Å². The average molecular weight is 441 g/mol. The summed E-state index contributed by atoms with van der Waals surface area (Å²) in [6.45, 7) is 4.59. The van der Waals surface area contributed by atoms with Gasteiger partial charge < -0.3 is 4.74 Å². The van der Waals surface area contributed by atoms with Crippen molar-refractivity contribution in [2.24, 2.45) is 0 Å². The first-order valence-corrected chi connectivity index (χ1v) is 11.6. The Bertz CT molecular complexity index is 912. The van der Waals surface area contributed by atoms with Crippen LogP contribution >= 0.6 is 11.8 Å². The highest BCUT2D eigenvalue weighted by molar-refractivity contribution is 8.15. The van der Waals surface area contributed by atoms with Gasteiger partial charge in [0.15, 0.2) is 0 Å². The molecule has 3 amide bonds. The van der Waals surface area contributed by atoms with E-state index in [1.807, 2.05) is 43.5 Å². The third kappa shape index (κ3) is 6.17. The van der Waals surface area contributed by atoms with Crippen molar-refractivity contribution in [1.29, 1.82) is 0 Å². The van der Waals surface area contributed by atoms with Gasteiger partial charge in [0.1, 0.15) is 5.75 Å². The van der Waals surface area contributed by atoms with E-state index in [2.05, 4.69) is 18.0 Å². The highest BCUT2D eigenvalue weighted by Crippen LogP contribution is 2.30. The zero-order valence-corrected chi connectivity index (χ0v) is 18.8. The highest BCUT2D eigenvalue weighted by atomic mass is 32.2. The summed E-state index contributed by atoms with van der Waals surface area (Å²) in [6.07, 6.45) is 5.74. The van der Waals surface area contributed by atoms with Crippen molar-refractivity contribution in [3.8, 4) is 5.75 Å². The maximum absolute atomic E-state index is 12.5. The van der Waals surface area contributed by atoms with Crippen LogP contribution in [0.4, 0.5) is 4.79 Å². The minimum Gasteiger partial charge on any atom is -0.493 e. The summed E-state index contributed by atoms with van der Waals surface area (Å²) in [7, 11) is 0. The molecule has 1 unspecified atom stereocenters. The predicted molar refractivity (Wildman–Crippen MR) is 121 cm³/mol. The first kappa shape index (κ1) is 23.0. The molecule has 1 fully saturated rings. The Morgan fingerprint density at radius 2 is 1.84 bits per heavy atom. The van der Waals surface area contributed by atoms with Crippen LogP contribution in [0.1, 0.15) is 49.9 Å². The molecule has 2 heterocycles. The van der Waals surface area contributed by atoms with Crippen molar-refractivity contribution in [2.45, 2.75) is 57.6 Å². The Kier molecular flexibility index (Phi) is 8.23. The number of unbranched alkanes of at least 4 members (excludes halogenated alkanes) is 1. The third-order valence-corrected chi connectivity index (χ3v) is 6.22. The third-order valence-electron chi connectivity index (χ3n) is 5.18. The summed E-state index contributed by atoms with van der Waals surface area (Å²) in [5.41, 5.74) is 3.13. The second-order valence-corrected chi connectivity index (χ2v) is 8.66. The summed E-state index contributed by atoms with van der Waals surface area (Å²) in [6, 6.07) is 11.6. The van der Waals surface area contributed by atoms with Crippen LogP contribution in [0, 0.1) is 0 Å². The number of pyridine rings is 1. The fourth-order valence-corrected chi connectivity index (χ4v) is 4.30. The largest absolute Gasteiger partial charge is 0.493 e. The van der Waals surface area contributed by atoms with E-state index in [0.29, 0.717) is 19.4 Å². The fraction of sp³-hybridized carbons (Fsp3) is 0.417. The molecule has 2 aromatic rings. The number of benzene rings is 1. The van der Waals surface area contributed by atoms with Gasteiger partial charge in [0.25, 0.3) is 11.1 Å². The Balaban J connectivity index is 1.49. The summed E-state index contributed by atoms with van der Waals surface area (Å²) in [5.74, 6) is -0.0563. The van der Waals surface area contributed by atoms with Gasteiger partial charge in [-0.2, -0.15) is 0 Å². The molecule has 1 atom stereocenters. The van der Waals surface area contributed by atoms with Gasteiger partial charge in [-0.3, -0.25) is 19.4 Å². The van der Waals surface area contributed by atoms with Crippen LogP contribution in [0.15, 0.2) is 42.6 Å². The van der Waals surface area contributed by atoms with Crippen LogP contribution in [0.2, 0.25) is 0 Å². The van der Waals surface area contributed by atoms with Crippen LogP contribution in [-0.4, -0.2) is 38.8 Å². The van der Waals surface area contributed by atoms with Crippen LogP contribution in [0.5, 0.6) is 5.75 Å². The number of carbonyl (C=O) groups excluding carboxylic acids is 3. The molecule has 1 aromatic heterocycles. The Morgan fingerprint density at radius 3 is 2.48 bits per heavy atom. The van der Waals surface area contributed by atoms with Crippen molar-refractivity contribution in [1.82, 2.24) is 9.88 Å². The SMILES string of the molecule is CCCCC(=O)N1C(=O)SC(Cc2ccc(OCCc3ccc(CC)cn3)cc2)C1=O. The minimum absolute atomic E-state index is 0.228. The number of nitrogens with zero attached hydrogens (tertiary/aromatic N) is 2. The standard InChI is InChI=1S/C24H28N2O4S/c1-3-5-6-22(27)26-23(28)21(31-24(26)29)15-18-8-11-20(12-9-18)30-14-13-19-10-7-17(4-2)16-25-19/h7-12,16,21H,3-6,13-15H2,1-2H3. The number of carbonyl (C=O) groups is 3. The molecule has 3 rings (SSSR count). The van der Waals surface area contributed by atoms with Gasteiger partial charge in [-0.15, -0.1) is 0 Å². The highest BCUT2D eigenvalue weighted by Gasteiger charge is 2.42. The van der Waals surface area contributed by atoms with E-state index in [1.165, 1.54) is 5.56 Å². The maximum Gasteiger partial charge on any atom is 0.295 e. The van der Waals surface area contributed by atoms with Crippen molar-refractivity contribution < 1.29 is 19.1 Å². The molecule has 0 spiro atoms. The number of imide groups is 3. The van der Waals surface area contributed by atoms with E-state index < -0.39 is 22.3 Å². The summed E-state index contributed by atoms with van der Waals surface area (Å²) in [4.78, 5) is 42.1. The van der Waals surface area contributed by atoms with Crippen molar-refractivity contribution >= 4 is 28.8 Å². The topological polar surface area (TPSA) is 76.6 Å². The monoisotopic (exact) mass is 440 g/mol. The summed E-state index contributed by atoms with van der Waals surface area (Å²) < 4.78 is 5.80. The van der Waals surface area contributed by atoms with Gasteiger partial charge in [-0.1, -0.05) is 50.2 Å². The first-order chi connectivity index (χ1) is 15.0. The van der Waals surface area contributed by atoms with Gasteiger partial charge in [-0.25, -0.2) is 4.90 Å². The molecule has 0 radical (unpaired) electrons. The van der Waals surface area contributed by atoms with E-state index in [4.69, 9.17) is 4.74 Å². The number of thioether (sulfide) groups is 1. The molecule has 0 aliphatic carbocycles. The van der Waals surface area contributed by atoms with Gasteiger partial charge >= 0.3 is 0 Å². The molecule has 1 aromatic carbocycles. The zero-order chi connectivity index (χ0) is 22.2. The molecule has 0 bridgehead atoms. The van der Waals surface area contributed by atoms with Crippen LogP contribution < -0.4 is 4.74 Å². The van der Waals surface area contributed by atoms with E-state index in [1.54, 1.807) is 0 Å². The van der Waals surface area contributed by atoms with E-state index >= 15 is 0 Å². The van der Waals surface area contributed by atoms with E-state index in [9.17, 15) is 14.4 Å². The number of hydrogen-bond donors (Lipinski definition) is 0. The molecule has 1 saturated heterocycles. The lowest BCUT2D eigenvalue weighted by Crippen LogP contribution is -2.37. The van der Waals surface area contributed by atoms with E-state index in [0.717, 1.165) is 52.9 Å². The molecule has 0 N–H and O–H groups in total. The first-order valence-electron chi connectivity index (χ1n) is 10.7. The number of ether oxygens (including phenoxy) is 1. The lowest BCUT2D eigenvalue weighted by molar-refractivity contribution is -0.139. The molecule has 7 heteroatoms. The predicted octanol–water partition coefficient (Wildman–Crippen LogP) is 4.59. The molecular formula is C24H28N2O4S. The van der Waals surface area contributed by atoms with Crippen molar-refractivity contribution in [3.05, 3.63) is 59.4 Å². The Morgan fingerprint density at radius 1 is 1.10 bits per heavy atom. The molecule has 1 aliphatic rings. The van der Waals surface area contributed by atoms with Gasteiger partial charge in [-0.05, 0) is 48.6 Å². The summed E-state index contributed by atoms with van der Waals surface area (Å²) in [5, 5.41) is -1.02. The van der Waals surface area contributed by atoms with Crippen LogP contribution in [0.25, 0.3) is 0 Å². The number of amides is 3. The lowest BCUT2D eigenvalue weighted by Gasteiger charge is -2.12. The summed E-state index contributed by atoms with van der Waals surface area (Å²) >= 11 is 0.935. The van der Waals surface area contributed by atoms with E-state index in [-0.39, 0.29) is 6.42 Å². The number of aromatic nitrogens is 1. The van der Waals surface area contributed by atoms with Gasteiger partial charge in [0.2, 0.25) is 5.91 Å². The Hall–Kier alpha value is -2.67. The zero-order valence-electron chi connectivity index (χ0n) is 18.0. The number of aryl methyl sites for hydroxylation is 1. The quantitative estimate of drug-likeness (QED) is 0.538. The number of rotatable bonds is 10. The second kappa shape index (κ2) is 11.1. The van der Waals surface area contributed by atoms with Crippen LogP contribution in [-0.2, 0) is 28.9 Å². The molecule has 0 saturated carbocycles. The van der Waals surface area contributed by atoms with Crippen LogP contribution in [0.3, 0.4) is 0 Å². The Labute approximate surface area is 187 Å². The molecule has 164 valence electrons. The molecular weight excluding hydrogens is 412 g/mol. The smallest absolute Gasteiger partial charge is 0.295 e. The lowest BCUT2D eigenvalue weighted by atomic mass is 10.1. The maximum atomic E-state index is 12.5. The van der Waals surface area contributed by atoms with Crippen molar-refractivity contribution in [3.63, 3.8) is 0 Å². The molecule has 6 nitrogen and oxygen atoms in total. The second-order valence-electron chi connectivity index (χ2n) is 7.50. The molecule has 31 heavy (non-hydrogen) atoms. The minimum atomic E-state index is -0.554. The average Bonchev–Trinajstić information content (AvgIpc) is 3.06. The number of hydrogen-bond acceptors (Lipinski definition) is 6. The normalized spacial score (nSPS) is 16.1. The fourth-order valence-electron chi connectivity index (χ4n) is 3.27.